The second kappa shape index (κ2) is 6.68. The molecule has 0 aromatic carbocycles. The third-order valence-corrected chi connectivity index (χ3v) is 3.93. The van der Waals surface area contributed by atoms with E-state index in [9.17, 15) is 9.59 Å². The molecule has 0 radical (unpaired) electrons. The van der Waals surface area contributed by atoms with Crippen molar-refractivity contribution < 1.29 is 9.59 Å². The number of carbonyl (C=O) groups is 2. The molecule has 23 heavy (non-hydrogen) atoms. The Bertz CT molecular complexity index is 604. The van der Waals surface area contributed by atoms with Gasteiger partial charge in [0.1, 0.15) is 6.04 Å². The van der Waals surface area contributed by atoms with E-state index in [0.717, 1.165) is 0 Å². The van der Waals surface area contributed by atoms with E-state index in [2.05, 4.69) is 16.0 Å². The molecule has 7 nitrogen and oxygen atoms in total. The van der Waals surface area contributed by atoms with Gasteiger partial charge in [-0.05, 0) is 18.7 Å². The number of hydrogen-bond acceptors (Lipinski definition) is 5. The van der Waals surface area contributed by atoms with Crippen LogP contribution in [0, 0.1) is 10.8 Å². The summed E-state index contributed by atoms with van der Waals surface area (Å²) in [6.07, 6.45) is 9.18. The second-order valence-corrected chi connectivity index (χ2v) is 6.16. The van der Waals surface area contributed by atoms with Crippen LogP contribution in [0.2, 0.25) is 0 Å². The average Bonchev–Trinajstić information content (AvgIpc) is 2.81. The molecule has 4 N–H and O–H groups in total. The number of amidine groups is 1. The van der Waals surface area contributed by atoms with Gasteiger partial charge in [0, 0.05) is 25.2 Å². The molecule has 2 heterocycles. The van der Waals surface area contributed by atoms with E-state index in [1.165, 1.54) is 11.1 Å². The number of carbonyl (C=O) groups excluding carboxylic acids is 2. The largest absolute Gasteiger partial charge is 0.392 e. The summed E-state index contributed by atoms with van der Waals surface area (Å²) in [6, 6.07) is -0.501. The van der Waals surface area contributed by atoms with Gasteiger partial charge in [0.05, 0.1) is 5.70 Å². The predicted octanol–water partition coefficient (Wildman–Crippen LogP) is 0.441. The molecule has 0 aromatic rings. The average molecular weight is 317 g/mol. The molecule has 2 aliphatic heterocycles. The summed E-state index contributed by atoms with van der Waals surface area (Å²) in [6.45, 7) is 4.21. The van der Waals surface area contributed by atoms with Crippen LogP contribution in [-0.4, -0.2) is 42.2 Å². The Morgan fingerprint density at radius 2 is 2.22 bits per heavy atom. The van der Waals surface area contributed by atoms with E-state index in [1.807, 2.05) is 13.8 Å². The van der Waals surface area contributed by atoms with Crippen LogP contribution in [-0.2, 0) is 9.59 Å². The van der Waals surface area contributed by atoms with Crippen LogP contribution in [0.3, 0.4) is 0 Å². The van der Waals surface area contributed by atoms with E-state index in [0.29, 0.717) is 13.0 Å². The minimum atomic E-state index is -0.501. The normalized spacial score (nSPS) is 22.7. The van der Waals surface area contributed by atoms with Crippen molar-refractivity contribution in [1.82, 2.24) is 20.9 Å². The van der Waals surface area contributed by atoms with Crippen LogP contribution in [0.25, 0.3) is 0 Å². The van der Waals surface area contributed by atoms with Crippen LogP contribution in [0.5, 0.6) is 0 Å². The Morgan fingerprint density at radius 1 is 1.48 bits per heavy atom. The number of amides is 2. The lowest BCUT2D eigenvalue weighted by Gasteiger charge is -2.23. The molecule has 1 saturated heterocycles. The molecule has 0 saturated carbocycles. The van der Waals surface area contributed by atoms with Crippen LogP contribution in [0.1, 0.15) is 20.3 Å². The first kappa shape index (κ1) is 16.8. The van der Waals surface area contributed by atoms with Crippen LogP contribution >= 0.6 is 0 Å². The Hall–Kier alpha value is -2.57. The Labute approximate surface area is 136 Å². The molecule has 124 valence electrons. The van der Waals surface area contributed by atoms with Gasteiger partial charge in [0.15, 0.2) is 5.84 Å². The fraction of sp³-hybridized carbons (Fsp3) is 0.438. The van der Waals surface area contributed by atoms with Gasteiger partial charge in [-0.3, -0.25) is 19.9 Å². The van der Waals surface area contributed by atoms with Crippen molar-refractivity contribution in [3.8, 4) is 0 Å². The molecular weight excluding hydrogens is 294 g/mol. The smallest absolute Gasteiger partial charge is 0.251 e. The second-order valence-electron chi connectivity index (χ2n) is 6.16. The van der Waals surface area contributed by atoms with Gasteiger partial charge in [0.25, 0.3) is 5.91 Å². The Kier molecular flexibility index (Phi) is 4.88. The zero-order chi connectivity index (χ0) is 17.0. The molecule has 0 aromatic heterocycles. The molecule has 1 unspecified atom stereocenters. The van der Waals surface area contributed by atoms with Gasteiger partial charge in [-0.1, -0.05) is 26.0 Å². The van der Waals surface area contributed by atoms with Crippen molar-refractivity contribution in [3.05, 3.63) is 36.3 Å². The van der Waals surface area contributed by atoms with Crippen molar-refractivity contribution in [3.63, 3.8) is 0 Å². The summed E-state index contributed by atoms with van der Waals surface area (Å²) in [5, 5.41) is 16.7. The lowest BCUT2D eigenvalue weighted by atomic mass is 9.92. The number of nitrogens with one attached hydrogen (secondary N) is 4. The third-order valence-electron chi connectivity index (χ3n) is 3.93. The molecular formula is C16H23N5O2. The molecule has 2 amide bonds. The van der Waals surface area contributed by atoms with Crippen LogP contribution in [0.15, 0.2) is 36.3 Å². The third kappa shape index (κ3) is 3.61. The summed E-state index contributed by atoms with van der Waals surface area (Å²) in [7, 11) is 1.68. The zero-order valence-electron chi connectivity index (χ0n) is 13.6. The molecule has 0 spiro atoms. The quantitative estimate of drug-likeness (QED) is 0.447. The highest BCUT2D eigenvalue weighted by Crippen LogP contribution is 2.31. The van der Waals surface area contributed by atoms with E-state index >= 15 is 0 Å². The first-order valence-electron chi connectivity index (χ1n) is 7.55. The number of hydrogen-bond donors (Lipinski definition) is 4. The van der Waals surface area contributed by atoms with Crippen molar-refractivity contribution in [1.29, 1.82) is 5.41 Å². The number of dihydropyridines is 1. The highest BCUT2D eigenvalue weighted by molar-refractivity contribution is 6.09. The Balaban J connectivity index is 2.10. The van der Waals surface area contributed by atoms with Crippen molar-refractivity contribution in [2.75, 3.05) is 13.6 Å². The molecule has 2 rings (SSSR count). The molecule has 2 aliphatic rings. The fourth-order valence-electron chi connectivity index (χ4n) is 2.45. The maximum Gasteiger partial charge on any atom is 0.251 e. The van der Waals surface area contributed by atoms with Gasteiger partial charge in [-0.15, -0.1) is 0 Å². The number of nitrogens with zero attached hydrogens (tertiary/aromatic N) is 1. The summed E-state index contributed by atoms with van der Waals surface area (Å²) in [4.78, 5) is 26.1. The first-order chi connectivity index (χ1) is 10.9. The van der Waals surface area contributed by atoms with Crippen LogP contribution in [0.4, 0.5) is 0 Å². The number of rotatable bonds is 4. The predicted molar refractivity (Wildman–Crippen MR) is 88.3 cm³/mol. The molecule has 7 heteroatoms. The summed E-state index contributed by atoms with van der Waals surface area (Å²) < 4.78 is 0. The van der Waals surface area contributed by atoms with E-state index in [-0.39, 0.29) is 23.3 Å². The Morgan fingerprint density at radius 3 is 2.74 bits per heavy atom. The van der Waals surface area contributed by atoms with E-state index in [4.69, 9.17) is 5.41 Å². The topological polar surface area (TPSA) is 97.3 Å². The highest BCUT2D eigenvalue weighted by Gasteiger charge is 2.41. The van der Waals surface area contributed by atoms with Gasteiger partial charge in [-0.2, -0.15) is 0 Å². The lowest BCUT2D eigenvalue weighted by Crippen LogP contribution is -2.46. The number of allylic oxidation sites excluding steroid dienone is 2. The zero-order valence-corrected chi connectivity index (χ0v) is 13.6. The van der Waals surface area contributed by atoms with Gasteiger partial charge >= 0.3 is 0 Å². The maximum atomic E-state index is 12.4. The minimum Gasteiger partial charge on any atom is -0.392 e. The summed E-state index contributed by atoms with van der Waals surface area (Å²) >= 11 is 0. The van der Waals surface area contributed by atoms with Crippen molar-refractivity contribution >= 4 is 17.6 Å². The molecule has 1 atom stereocenters. The highest BCUT2D eigenvalue weighted by atomic mass is 16.2. The van der Waals surface area contributed by atoms with E-state index in [1.54, 1.807) is 31.5 Å². The van der Waals surface area contributed by atoms with Crippen molar-refractivity contribution in [2.45, 2.75) is 26.3 Å². The standard InChI is InChI=1S/C16H23N5O2/c1-16(2)7-9-21(15(16)23)13(17)12(10-18-3)20-14(22)11-6-4-5-8-19-11/h4-6,8,10-11,17-19H,7,9H2,1-3H3,(H,20,22)/b12-10+,17-13?. The first-order valence-corrected chi connectivity index (χ1v) is 7.55. The minimum absolute atomic E-state index is 0.00129. The van der Waals surface area contributed by atoms with Gasteiger partial charge in [-0.25, -0.2) is 0 Å². The molecule has 1 fully saturated rings. The van der Waals surface area contributed by atoms with Crippen molar-refractivity contribution in [2.24, 2.45) is 5.41 Å². The van der Waals surface area contributed by atoms with Gasteiger partial charge in [0.2, 0.25) is 5.91 Å². The van der Waals surface area contributed by atoms with Crippen LogP contribution < -0.4 is 16.0 Å². The molecule has 0 bridgehead atoms. The maximum absolute atomic E-state index is 12.4. The number of likely N-dealkylation sites (tertiary alicyclic amines) is 1. The molecule has 0 aliphatic carbocycles. The van der Waals surface area contributed by atoms with E-state index < -0.39 is 11.5 Å². The summed E-state index contributed by atoms with van der Waals surface area (Å²) in [5.74, 6) is -0.390. The van der Waals surface area contributed by atoms with Gasteiger partial charge < -0.3 is 16.0 Å². The summed E-state index contributed by atoms with van der Waals surface area (Å²) in [5.41, 5.74) is -0.201. The fourth-order valence-corrected chi connectivity index (χ4v) is 2.45. The lowest BCUT2D eigenvalue weighted by molar-refractivity contribution is -0.131. The monoisotopic (exact) mass is 317 g/mol. The SMILES string of the molecule is CN/C=C(/NC(=O)C1C=CC=CN1)C(=N)N1CCC(C)(C)C1=O.